The summed E-state index contributed by atoms with van der Waals surface area (Å²) in [5.41, 5.74) is 17.8. The molecule has 0 radical (unpaired) electrons. The van der Waals surface area contributed by atoms with Gasteiger partial charge in [0.25, 0.3) is 6.48 Å². The van der Waals surface area contributed by atoms with Crippen molar-refractivity contribution in [1.82, 2.24) is 64.0 Å². The van der Waals surface area contributed by atoms with Gasteiger partial charge < -0.3 is 30.6 Å². The molecule has 11 heterocycles. The van der Waals surface area contributed by atoms with Crippen LogP contribution in [0.15, 0.2) is 167 Å². The van der Waals surface area contributed by atoms with Crippen LogP contribution in [0.1, 0.15) is 112 Å². The van der Waals surface area contributed by atoms with Gasteiger partial charge in [-0.1, -0.05) is 132 Å². The first-order valence-corrected chi connectivity index (χ1v) is 31.7. The van der Waals surface area contributed by atoms with Crippen LogP contribution in [-0.2, 0) is 14.2 Å². The minimum absolute atomic E-state index is 0. The summed E-state index contributed by atoms with van der Waals surface area (Å²) in [6.45, 7) is 28.9. The SMILES string of the molecule is C.C.CC.CC.CC.CC.CC.COC(OC)OC.Cc1cncc(-c2ccnc(-n3cnc4c(C)nccc43)c2)c1.Cc1nccc(Nc2cc(Br)ccn2)c1N.Cc1nccc(Nc2cc(Br)ccn2)c1[N+](=O)[O-].Cc1nccc2c1ncn2-c1cc(Br)ccn1.[3H]I. The number of aryl methyl sites for hydroxylation is 5. The maximum atomic E-state index is 11.0. The van der Waals surface area contributed by atoms with Crippen LogP contribution in [0, 0.1) is 44.7 Å². The van der Waals surface area contributed by atoms with Crippen molar-refractivity contribution in [3.8, 4) is 22.8 Å². The summed E-state index contributed by atoms with van der Waals surface area (Å²) in [7, 11) is 4.53. The van der Waals surface area contributed by atoms with Gasteiger partial charge in [-0.15, -0.1) is 23.8 Å². The van der Waals surface area contributed by atoms with Gasteiger partial charge in [-0.3, -0.25) is 44.2 Å². The monoisotopic (exact) mass is 1590 g/mol. The van der Waals surface area contributed by atoms with Crippen molar-refractivity contribution < 1.29 is 19.1 Å². The lowest BCUT2D eigenvalue weighted by atomic mass is 10.1. The number of nitro groups is 1. The van der Waals surface area contributed by atoms with Crippen LogP contribution < -0.4 is 16.4 Å². The zero-order valence-electron chi connectivity index (χ0n) is 56.4. The molecule has 0 aliphatic rings. The summed E-state index contributed by atoms with van der Waals surface area (Å²) < 4.78 is 26.3. The lowest BCUT2D eigenvalue weighted by Crippen LogP contribution is -2.14. The fourth-order valence-corrected chi connectivity index (χ4v) is 8.57. The van der Waals surface area contributed by atoms with Gasteiger partial charge in [-0.05, 0) is 125 Å². The van der Waals surface area contributed by atoms with Crippen LogP contribution in [0.3, 0.4) is 0 Å². The highest BCUT2D eigenvalue weighted by Gasteiger charge is 2.19. The minimum Gasteiger partial charge on any atom is -0.396 e. The molecule has 0 fully saturated rings. The Balaban J connectivity index is 0. The summed E-state index contributed by atoms with van der Waals surface area (Å²) in [5, 5.41) is 17.1. The number of methoxy groups -OCH3 is 3. The van der Waals surface area contributed by atoms with E-state index in [1.165, 1.54) is 51.3 Å². The number of fused-ring (bicyclic) bond motifs is 2. The summed E-state index contributed by atoms with van der Waals surface area (Å²) in [4.78, 5) is 57.3. The summed E-state index contributed by atoms with van der Waals surface area (Å²) >= 11 is 11.5. The van der Waals surface area contributed by atoms with Gasteiger partial charge in [0, 0.05) is 102 Å². The summed E-state index contributed by atoms with van der Waals surface area (Å²) in [6, 6.07) is 24.5. The number of imidazole rings is 2. The first kappa shape index (κ1) is 86.1. The Kier molecular flexibility index (Phi) is 44.7. The lowest BCUT2D eigenvalue weighted by Gasteiger charge is -2.09. The van der Waals surface area contributed by atoms with Crippen molar-refractivity contribution in [3.05, 3.63) is 205 Å². The van der Waals surface area contributed by atoms with Crippen LogP contribution in [0.5, 0.6) is 0 Å². The third-order valence-electron chi connectivity index (χ3n) is 11.5. The number of ether oxygens (including phenoxy) is 3. The van der Waals surface area contributed by atoms with E-state index in [1.807, 2.05) is 179 Å². The van der Waals surface area contributed by atoms with Crippen LogP contribution in [-0.4, -0.2) is 97.3 Å². The molecule has 0 saturated heterocycles. The maximum absolute atomic E-state index is 11.0. The van der Waals surface area contributed by atoms with Gasteiger partial charge in [-0.2, -0.15) is 0 Å². The molecule has 0 aliphatic carbocycles. The Morgan fingerprint density at radius 3 is 1.33 bits per heavy atom. The standard InChI is InChI=1S/C18H15N5.C12H9BrN4.C11H9BrN4O2.C11H11BrN4.C4H10O3.5C2H6.2CH4.HI/c1-12-7-15(10-19-9-12)14-3-5-21-17(8-14)23-11-22-18-13(2)20-6-4-16(18)23;1-8-12-10(3-5-14-8)17(7-16-12)11-6-9(13)2-4-15-11;1-7-11(16(17)18)9(3-5-13-7)15-10-6-8(12)2-4-14-10;1-7-11(13)9(3-5-14-7)16-10-6-8(12)2-4-15-10;1-5-4(6-2)7-3;5*1-2;;;/h3-11H,1-2H3;2-7H,1H3;2-6H,1H3,(H,13,14,15);2-6H,13H2,1H3,(H,14,15,16);4H,1-3H3;5*1-2H3;2*1H4;1H/i/hT. The predicted octanol–water partition coefficient (Wildman–Crippen LogP) is 19.7. The second kappa shape index (κ2) is 48.8. The Morgan fingerprint density at radius 2 is 0.894 bits per heavy atom. The maximum Gasteiger partial charge on any atom is 0.313 e. The van der Waals surface area contributed by atoms with Gasteiger partial charge >= 0.3 is 5.69 Å². The first-order chi connectivity index (χ1) is 45.1. The van der Waals surface area contributed by atoms with E-state index in [9.17, 15) is 10.1 Å². The number of nitrogens with two attached hydrogens (primary N) is 1. The molecule has 11 rings (SSSR count). The average Bonchev–Trinajstić information content (AvgIpc) is 1.68. The van der Waals surface area contributed by atoms with Gasteiger partial charge in [0.15, 0.2) is 0 Å². The Morgan fingerprint density at radius 1 is 0.500 bits per heavy atom. The number of nitrogens with zero attached hydrogens (tertiary/aromatic N) is 14. The van der Waals surface area contributed by atoms with Crippen LogP contribution in [0.2, 0.25) is 0 Å². The van der Waals surface area contributed by atoms with Crippen molar-refractivity contribution in [2.45, 2.75) is 125 Å². The fraction of sp³-hybridized carbons (Fsp3) is 0.309. The fourth-order valence-electron chi connectivity index (χ4n) is 7.57. The highest BCUT2D eigenvalue weighted by atomic mass is 127. The molecular formula is C68H93Br3IN17O5. The van der Waals surface area contributed by atoms with E-state index >= 15 is 0 Å². The van der Waals surface area contributed by atoms with Crippen LogP contribution in [0.25, 0.3) is 44.8 Å². The van der Waals surface area contributed by atoms with Crippen molar-refractivity contribution in [1.29, 1.82) is 0.594 Å². The average molecular weight is 1600 g/mol. The Hall–Kier alpha value is -7.86. The minimum atomic E-state index is -0.514. The molecular weight excluding hydrogens is 1500 g/mol. The van der Waals surface area contributed by atoms with E-state index in [0.29, 0.717) is 22.9 Å². The molecule has 0 unspecified atom stereocenters. The normalized spacial score (nSPS) is 9.50. The number of aromatic nitrogens is 13. The van der Waals surface area contributed by atoms with Gasteiger partial charge in [0.1, 0.15) is 58.9 Å². The molecule has 0 atom stereocenters. The second-order valence-electron chi connectivity index (χ2n) is 17.1. The zero-order chi connectivity index (χ0) is 70.0. The third kappa shape index (κ3) is 27.2. The first-order valence-electron chi connectivity index (χ1n) is 29.7. The summed E-state index contributed by atoms with van der Waals surface area (Å²) in [6.07, 6.45) is 21.0. The van der Waals surface area contributed by atoms with E-state index in [-0.39, 0.29) is 20.5 Å². The molecule has 4 N–H and O–H groups in total. The van der Waals surface area contributed by atoms with E-state index in [4.69, 9.17) is 6.33 Å². The molecule has 94 heavy (non-hydrogen) atoms. The molecule has 0 saturated carbocycles. The van der Waals surface area contributed by atoms with Crippen LogP contribution >= 0.6 is 71.6 Å². The molecule has 11 aromatic heterocycles. The van der Waals surface area contributed by atoms with E-state index < -0.39 is 11.4 Å². The number of nitrogens with one attached hydrogen (secondary N) is 2. The summed E-state index contributed by atoms with van der Waals surface area (Å²) in [5.74, 6) is 2.94. The van der Waals surface area contributed by atoms with Gasteiger partial charge in [0.05, 0.1) is 44.4 Å². The number of nitrogen functional groups attached to an aromatic ring is 1. The third-order valence-corrected chi connectivity index (χ3v) is 13.0. The Bertz CT molecular complexity index is 3920. The molecule has 22 nitrogen and oxygen atoms in total. The highest BCUT2D eigenvalue weighted by Crippen LogP contribution is 2.30. The molecule has 0 aliphatic heterocycles. The molecule has 0 bridgehead atoms. The van der Waals surface area contributed by atoms with E-state index in [1.54, 1.807) is 75.0 Å². The Labute approximate surface area is 598 Å². The molecule has 0 amide bonds. The number of hydrogen-bond donors (Lipinski definition) is 3. The van der Waals surface area contributed by atoms with Crippen molar-refractivity contribution in [2.75, 3.05) is 37.7 Å². The number of anilines is 5. The largest absolute Gasteiger partial charge is 0.396 e. The van der Waals surface area contributed by atoms with Crippen molar-refractivity contribution in [3.63, 3.8) is 0 Å². The van der Waals surface area contributed by atoms with Gasteiger partial charge in [0.2, 0.25) is 0 Å². The van der Waals surface area contributed by atoms with E-state index in [2.05, 4.69) is 134 Å². The smallest absolute Gasteiger partial charge is 0.313 e. The molecule has 0 aromatic carbocycles. The van der Waals surface area contributed by atoms with Crippen molar-refractivity contribution in [2.24, 2.45) is 0 Å². The van der Waals surface area contributed by atoms with E-state index in [0.717, 1.165) is 92.4 Å². The molecule has 0 spiro atoms. The number of halogens is 4. The second-order valence-corrected chi connectivity index (χ2v) is 19.9. The molecule has 508 valence electrons. The van der Waals surface area contributed by atoms with Crippen LogP contribution in [0.4, 0.5) is 34.4 Å². The van der Waals surface area contributed by atoms with Crippen molar-refractivity contribution >= 4 is 128 Å². The molecule has 11 aromatic rings. The number of hydrogen-bond acceptors (Lipinski definition) is 19. The predicted molar refractivity (Wildman–Crippen MR) is 408 cm³/mol. The number of rotatable bonds is 11. The topological polar surface area (TPSA) is 273 Å². The lowest BCUT2D eigenvalue weighted by molar-refractivity contribution is -0.384. The highest BCUT2D eigenvalue weighted by molar-refractivity contribution is 14.0. The quantitative estimate of drug-likeness (QED) is 0.0470. The van der Waals surface area contributed by atoms with Gasteiger partial charge in [-0.25, -0.2) is 29.9 Å². The molecule has 26 heteroatoms. The number of pyridine rings is 9. The zero-order valence-corrected chi connectivity index (χ0v) is 62.3.